The predicted octanol–water partition coefficient (Wildman–Crippen LogP) is 2.91. The van der Waals surface area contributed by atoms with Gasteiger partial charge in [0, 0.05) is 24.8 Å². The molecule has 2 aliphatic heterocycles. The molecule has 3 rings (SSSR count). The quantitative estimate of drug-likeness (QED) is 0.904. The van der Waals surface area contributed by atoms with Crippen LogP contribution in [0.2, 0.25) is 0 Å². The maximum absolute atomic E-state index is 6.32. The zero-order chi connectivity index (χ0) is 13.3. The summed E-state index contributed by atoms with van der Waals surface area (Å²) in [6, 6.07) is 6.49. The van der Waals surface area contributed by atoms with Crippen LogP contribution in [0, 0.1) is 0 Å². The first kappa shape index (κ1) is 12.8. The van der Waals surface area contributed by atoms with Crippen molar-refractivity contribution in [1.29, 1.82) is 0 Å². The molecule has 3 nitrogen and oxygen atoms in total. The van der Waals surface area contributed by atoms with E-state index in [9.17, 15) is 0 Å². The van der Waals surface area contributed by atoms with Crippen LogP contribution >= 0.6 is 0 Å². The van der Waals surface area contributed by atoms with Crippen LogP contribution < -0.4 is 10.1 Å². The fraction of sp³-hybridized carbons (Fsp3) is 0.625. The number of fused-ring (bicyclic) bond motifs is 1. The molecule has 1 N–H and O–H groups in total. The third-order valence-corrected chi connectivity index (χ3v) is 4.34. The molecule has 3 heteroatoms. The monoisotopic (exact) mass is 260 g/mol. The summed E-state index contributed by atoms with van der Waals surface area (Å²) in [5, 5.41) is 3.42. The third-order valence-electron chi connectivity index (χ3n) is 4.34. The van der Waals surface area contributed by atoms with Crippen molar-refractivity contribution in [3.05, 3.63) is 23.8 Å². The van der Waals surface area contributed by atoms with Crippen molar-refractivity contribution in [3.8, 4) is 5.75 Å². The average Bonchev–Trinajstić information content (AvgIpc) is 2.85. The van der Waals surface area contributed by atoms with Crippen molar-refractivity contribution in [2.45, 2.75) is 38.7 Å². The maximum Gasteiger partial charge on any atom is 0.122 e. The maximum atomic E-state index is 6.32. The standard InChI is InChI=1S/C16H24N2O/c1-3-18-10-4-8-16(2,12-18)19-14-6-5-13-7-9-17-15(13)11-14/h5-6,11,17H,3-4,7-10,12H2,1-2H3. The molecule has 1 aromatic carbocycles. The molecule has 1 unspecified atom stereocenters. The lowest BCUT2D eigenvalue weighted by molar-refractivity contribution is 0.00792. The molecule has 2 aliphatic rings. The van der Waals surface area contributed by atoms with E-state index in [4.69, 9.17) is 4.74 Å². The van der Waals surface area contributed by atoms with Crippen molar-refractivity contribution in [3.63, 3.8) is 0 Å². The fourth-order valence-electron chi connectivity index (χ4n) is 3.28. The van der Waals surface area contributed by atoms with Gasteiger partial charge in [-0.1, -0.05) is 13.0 Å². The van der Waals surface area contributed by atoms with Gasteiger partial charge in [-0.25, -0.2) is 0 Å². The number of anilines is 1. The Morgan fingerprint density at radius 1 is 1.42 bits per heavy atom. The van der Waals surface area contributed by atoms with Gasteiger partial charge in [-0.05, 0) is 50.9 Å². The smallest absolute Gasteiger partial charge is 0.122 e. The third kappa shape index (κ3) is 2.71. The minimum absolute atomic E-state index is 0.0406. The highest BCUT2D eigenvalue weighted by molar-refractivity contribution is 5.58. The molecule has 0 aliphatic carbocycles. The van der Waals surface area contributed by atoms with Crippen molar-refractivity contribution in [1.82, 2.24) is 4.90 Å². The highest BCUT2D eigenvalue weighted by Crippen LogP contribution is 2.31. The van der Waals surface area contributed by atoms with Crippen molar-refractivity contribution in [2.24, 2.45) is 0 Å². The van der Waals surface area contributed by atoms with E-state index in [0.717, 1.165) is 38.2 Å². The summed E-state index contributed by atoms with van der Waals surface area (Å²) in [7, 11) is 0. The summed E-state index contributed by atoms with van der Waals surface area (Å²) < 4.78 is 6.32. The second-order valence-corrected chi connectivity index (χ2v) is 6.02. The van der Waals surface area contributed by atoms with Crippen LogP contribution in [0.3, 0.4) is 0 Å². The molecular formula is C16H24N2O. The number of hydrogen-bond acceptors (Lipinski definition) is 3. The van der Waals surface area contributed by atoms with Gasteiger partial charge in [0.05, 0.1) is 0 Å². The first-order chi connectivity index (χ1) is 9.18. The molecule has 0 amide bonds. The second kappa shape index (κ2) is 5.04. The van der Waals surface area contributed by atoms with Gasteiger partial charge in [0.1, 0.15) is 11.4 Å². The van der Waals surface area contributed by atoms with Crippen LogP contribution in [0.25, 0.3) is 0 Å². The Bertz CT molecular complexity index is 460. The van der Waals surface area contributed by atoms with E-state index in [2.05, 4.69) is 42.3 Å². The molecule has 104 valence electrons. The Hall–Kier alpha value is -1.22. The molecule has 1 fully saturated rings. The predicted molar refractivity (Wildman–Crippen MR) is 79.0 cm³/mol. The van der Waals surface area contributed by atoms with Crippen molar-refractivity contribution >= 4 is 5.69 Å². The van der Waals surface area contributed by atoms with Crippen LogP contribution in [0.5, 0.6) is 5.75 Å². The summed E-state index contributed by atoms with van der Waals surface area (Å²) in [6.45, 7) is 8.89. The van der Waals surface area contributed by atoms with Gasteiger partial charge in [-0.3, -0.25) is 4.90 Å². The van der Waals surface area contributed by atoms with Gasteiger partial charge < -0.3 is 10.1 Å². The van der Waals surface area contributed by atoms with Gasteiger partial charge in [-0.15, -0.1) is 0 Å². The van der Waals surface area contributed by atoms with Gasteiger partial charge in [0.25, 0.3) is 0 Å². The van der Waals surface area contributed by atoms with Crippen LogP contribution in [-0.4, -0.2) is 36.7 Å². The minimum Gasteiger partial charge on any atom is -0.486 e. The Morgan fingerprint density at radius 2 is 2.32 bits per heavy atom. The number of piperidine rings is 1. The van der Waals surface area contributed by atoms with E-state index in [0.29, 0.717) is 0 Å². The Kier molecular flexibility index (Phi) is 3.40. The number of likely N-dealkylation sites (N-methyl/N-ethyl adjacent to an activating group) is 1. The second-order valence-electron chi connectivity index (χ2n) is 6.02. The molecule has 1 atom stereocenters. The molecule has 19 heavy (non-hydrogen) atoms. The normalized spacial score (nSPS) is 26.8. The molecule has 0 saturated carbocycles. The van der Waals surface area contributed by atoms with E-state index in [1.54, 1.807) is 0 Å². The molecule has 0 aromatic heterocycles. The number of nitrogens with zero attached hydrogens (tertiary/aromatic N) is 1. The van der Waals surface area contributed by atoms with E-state index in [1.165, 1.54) is 24.2 Å². The van der Waals surface area contributed by atoms with Gasteiger partial charge in [-0.2, -0.15) is 0 Å². The lowest BCUT2D eigenvalue weighted by Crippen LogP contribution is -2.49. The van der Waals surface area contributed by atoms with E-state index < -0.39 is 0 Å². The summed E-state index contributed by atoms with van der Waals surface area (Å²) >= 11 is 0. The molecule has 1 saturated heterocycles. The highest BCUT2D eigenvalue weighted by atomic mass is 16.5. The lowest BCUT2D eigenvalue weighted by Gasteiger charge is -2.40. The van der Waals surface area contributed by atoms with Crippen LogP contribution in [0.15, 0.2) is 18.2 Å². The van der Waals surface area contributed by atoms with Gasteiger partial charge in [0.15, 0.2) is 0 Å². The number of hydrogen-bond donors (Lipinski definition) is 1. The molecule has 0 radical (unpaired) electrons. The van der Waals surface area contributed by atoms with E-state index >= 15 is 0 Å². The summed E-state index contributed by atoms with van der Waals surface area (Å²) in [5.74, 6) is 1.01. The number of benzene rings is 1. The van der Waals surface area contributed by atoms with E-state index in [1.807, 2.05) is 0 Å². The molecular weight excluding hydrogens is 236 g/mol. The van der Waals surface area contributed by atoms with Gasteiger partial charge in [0.2, 0.25) is 0 Å². The van der Waals surface area contributed by atoms with Gasteiger partial charge >= 0.3 is 0 Å². The summed E-state index contributed by atoms with van der Waals surface area (Å²) in [5.41, 5.74) is 2.63. The largest absolute Gasteiger partial charge is 0.486 e. The van der Waals surface area contributed by atoms with Crippen molar-refractivity contribution < 1.29 is 4.74 Å². The number of ether oxygens (including phenoxy) is 1. The SMILES string of the molecule is CCN1CCCC(C)(Oc2ccc3c(c2)NCC3)C1. The molecule has 0 bridgehead atoms. The molecule has 1 aromatic rings. The lowest BCUT2D eigenvalue weighted by atomic mass is 9.94. The number of likely N-dealkylation sites (tertiary alicyclic amines) is 1. The molecule has 2 heterocycles. The van der Waals surface area contributed by atoms with E-state index in [-0.39, 0.29) is 5.60 Å². The van der Waals surface area contributed by atoms with Crippen LogP contribution in [0.4, 0.5) is 5.69 Å². The Morgan fingerprint density at radius 3 is 3.16 bits per heavy atom. The minimum atomic E-state index is -0.0406. The zero-order valence-corrected chi connectivity index (χ0v) is 12.0. The molecule has 0 spiro atoms. The number of rotatable bonds is 3. The van der Waals surface area contributed by atoms with Crippen LogP contribution in [0.1, 0.15) is 32.3 Å². The first-order valence-corrected chi connectivity index (χ1v) is 7.47. The zero-order valence-electron chi connectivity index (χ0n) is 12.0. The Labute approximate surface area is 115 Å². The Balaban J connectivity index is 1.73. The van der Waals surface area contributed by atoms with Crippen LogP contribution in [-0.2, 0) is 6.42 Å². The average molecular weight is 260 g/mol. The van der Waals surface area contributed by atoms with Crippen molar-refractivity contribution in [2.75, 3.05) is 31.5 Å². The first-order valence-electron chi connectivity index (χ1n) is 7.47. The highest BCUT2D eigenvalue weighted by Gasteiger charge is 2.32. The fourth-order valence-corrected chi connectivity index (χ4v) is 3.28. The number of nitrogens with one attached hydrogen (secondary N) is 1. The summed E-state index contributed by atoms with van der Waals surface area (Å²) in [4.78, 5) is 2.48. The summed E-state index contributed by atoms with van der Waals surface area (Å²) in [6.07, 6.45) is 3.51. The topological polar surface area (TPSA) is 24.5 Å².